The van der Waals surface area contributed by atoms with Crippen LogP contribution < -0.4 is 10.6 Å². The molecule has 1 amide bonds. The van der Waals surface area contributed by atoms with Crippen molar-refractivity contribution in [2.24, 2.45) is 4.99 Å². The van der Waals surface area contributed by atoms with Crippen LogP contribution in [-0.4, -0.2) is 106 Å². The minimum absolute atomic E-state index is 0.00132. The van der Waals surface area contributed by atoms with E-state index in [1.165, 1.54) is 18.4 Å². The second-order valence-corrected chi connectivity index (χ2v) is 8.74. The van der Waals surface area contributed by atoms with Gasteiger partial charge in [0, 0.05) is 40.3 Å². The minimum atomic E-state index is -0.00132. The number of morpholine rings is 1. The number of likely N-dealkylation sites (tertiary alicyclic amines) is 1. The molecule has 2 aliphatic heterocycles. The molecular weight excluding hydrogens is 404 g/mol. The summed E-state index contributed by atoms with van der Waals surface area (Å²) >= 11 is 0. The standard InChI is InChI=1S/C24H40N6O2/c1-28(2)23(31)20-27-24(25-11-8-12-29-15-17-32-18-16-29)26-19-22(30-13-6-7-14-30)21-9-4-3-5-10-21/h3-5,9-10,22H,6-8,11-20H2,1-2H3,(H2,25,26,27). The SMILES string of the molecule is CN(C)C(=O)CN=C(NCCCN1CCOCC1)NCC(c1ccccc1)N1CCCC1. The number of hydrogen-bond acceptors (Lipinski definition) is 5. The Labute approximate surface area is 193 Å². The molecule has 0 aliphatic carbocycles. The second kappa shape index (κ2) is 13.4. The molecule has 2 fully saturated rings. The highest BCUT2D eigenvalue weighted by atomic mass is 16.5. The molecule has 2 heterocycles. The maximum Gasteiger partial charge on any atom is 0.243 e. The van der Waals surface area contributed by atoms with Crippen LogP contribution in [-0.2, 0) is 9.53 Å². The molecule has 0 aromatic heterocycles. The number of benzene rings is 1. The highest BCUT2D eigenvalue weighted by Crippen LogP contribution is 2.24. The normalized spacial score (nSPS) is 19.0. The summed E-state index contributed by atoms with van der Waals surface area (Å²) in [5.41, 5.74) is 1.32. The van der Waals surface area contributed by atoms with Gasteiger partial charge >= 0.3 is 0 Å². The van der Waals surface area contributed by atoms with Gasteiger partial charge in [0.1, 0.15) is 6.54 Å². The van der Waals surface area contributed by atoms with E-state index in [2.05, 4.69) is 55.8 Å². The van der Waals surface area contributed by atoms with E-state index >= 15 is 0 Å². The van der Waals surface area contributed by atoms with Gasteiger partial charge in [0.15, 0.2) is 5.96 Å². The van der Waals surface area contributed by atoms with Crippen LogP contribution in [0.3, 0.4) is 0 Å². The Morgan fingerprint density at radius 2 is 1.81 bits per heavy atom. The number of rotatable bonds is 10. The van der Waals surface area contributed by atoms with Gasteiger partial charge in [-0.05, 0) is 44.5 Å². The van der Waals surface area contributed by atoms with Gasteiger partial charge in [0.05, 0.1) is 19.3 Å². The second-order valence-electron chi connectivity index (χ2n) is 8.74. The highest BCUT2D eigenvalue weighted by Gasteiger charge is 2.23. The van der Waals surface area contributed by atoms with Crippen LogP contribution >= 0.6 is 0 Å². The quantitative estimate of drug-likeness (QED) is 0.321. The van der Waals surface area contributed by atoms with Crippen molar-refractivity contribution in [3.63, 3.8) is 0 Å². The molecule has 8 heteroatoms. The number of nitrogens with zero attached hydrogens (tertiary/aromatic N) is 4. The fourth-order valence-corrected chi connectivity index (χ4v) is 4.18. The van der Waals surface area contributed by atoms with Crippen LogP contribution in [0.1, 0.15) is 30.9 Å². The van der Waals surface area contributed by atoms with Crippen LogP contribution in [0, 0.1) is 0 Å². The van der Waals surface area contributed by atoms with Gasteiger partial charge in [0.25, 0.3) is 0 Å². The van der Waals surface area contributed by atoms with Gasteiger partial charge in [0.2, 0.25) is 5.91 Å². The molecule has 1 unspecified atom stereocenters. The lowest BCUT2D eigenvalue weighted by Gasteiger charge is -2.29. The van der Waals surface area contributed by atoms with E-state index in [-0.39, 0.29) is 12.5 Å². The molecule has 1 aromatic rings. The molecule has 0 saturated carbocycles. The van der Waals surface area contributed by atoms with E-state index < -0.39 is 0 Å². The molecule has 1 atom stereocenters. The van der Waals surface area contributed by atoms with Crippen molar-refractivity contribution >= 4 is 11.9 Å². The third kappa shape index (κ3) is 8.07. The minimum Gasteiger partial charge on any atom is -0.379 e. The summed E-state index contributed by atoms with van der Waals surface area (Å²) in [7, 11) is 3.53. The summed E-state index contributed by atoms with van der Waals surface area (Å²) in [5, 5.41) is 6.96. The summed E-state index contributed by atoms with van der Waals surface area (Å²) in [6.45, 7) is 8.67. The molecule has 0 spiro atoms. The van der Waals surface area contributed by atoms with Crippen molar-refractivity contribution in [2.75, 3.05) is 79.7 Å². The molecule has 178 valence electrons. The number of ether oxygens (including phenoxy) is 1. The molecule has 2 N–H and O–H groups in total. The maximum atomic E-state index is 12.1. The monoisotopic (exact) mass is 444 g/mol. The Balaban J connectivity index is 1.56. The first-order valence-electron chi connectivity index (χ1n) is 11.9. The van der Waals surface area contributed by atoms with Crippen molar-refractivity contribution < 1.29 is 9.53 Å². The van der Waals surface area contributed by atoms with E-state index in [0.29, 0.717) is 12.0 Å². The number of carbonyl (C=O) groups is 1. The molecule has 0 bridgehead atoms. The smallest absolute Gasteiger partial charge is 0.243 e. The molecule has 3 rings (SSSR count). The van der Waals surface area contributed by atoms with Crippen LogP contribution in [0.5, 0.6) is 0 Å². The summed E-state index contributed by atoms with van der Waals surface area (Å²) in [6, 6.07) is 11.0. The van der Waals surface area contributed by atoms with Gasteiger partial charge in [-0.3, -0.25) is 14.6 Å². The number of likely N-dealkylation sites (N-methyl/N-ethyl adjacent to an activating group) is 1. The predicted octanol–water partition coefficient (Wildman–Crippen LogP) is 1.17. The average molecular weight is 445 g/mol. The lowest BCUT2D eigenvalue weighted by atomic mass is 10.1. The fourth-order valence-electron chi connectivity index (χ4n) is 4.18. The molecule has 2 saturated heterocycles. The first-order chi connectivity index (χ1) is 15.6. The van der Waals surface area contributed by atoms with Crippen molar-refractivity contribution in [1.82, 2.24) is 25.3 Å². The number of hydrogen-bond donors (Lipinski definition) is 2. The zero-order valence-corrected chi connectivity index (χ0v) is 19.8. The van der Waals surface area contributed by atoms with Crippen LogP contribution in [0.2, 0.25) is 0 Å². The predicted molar refractivity (Wildman–Crippen MR) is 129 cm³/mol. The summed E-state index contributed by atoms with van der Waals surface area (Å²) in [4.78, 5) is 23.2. The topological polar surface area (TPSA) is 72.4 Å². The van der Waals surface area contributed by atoms with Gasteiger partial charge < -0.3 is 20.3 Å². The Morgan fingerprint density at radius 3 is 2.50 bits per heavy atom. The Kier molecular flexibility index (Phi) is 10.3. The lowest BCUT2D eigenvalue weighted by molar-refractivity contribution is -0.127. The van der Waals surface area contributed by atoms with Gasteiger partial charge in [-0.25, -0.2) is 4.99 Å². The highest BCUT2D eigenvalue weighted by molar-refractivity contribution is 5.84. The van der Waals surface area contributed by atoms with E-state index in [9.17, 15) is 4.79 Å². The van der Waals surface area contributed by atoms with Crippen molar-refractivity contribution in [3.05, 3.63) is 35.9 Å². The number of guanidine groups is 1. The molecule has 1 aromatic carbocycles. The first-order valence-corrected chi connectivity index (χ1v) is 11.9. The van der Waals surface area contributed by atoms with Crippen molar-refractivity contribution in [2.45, 2.75) is 25.3 Å². The average Bonchev–Trinajstić information content (AvgIpc) is 3.35. The van der Waals surface area contributed by atoms with E-state index in [1.807, 2.05) is 0 Å². The Bertz CT molecular complexity index is 700. The maximum absolute atomic E-state index is 12.1. The van der Waals surface area contributed by atoms with Gasteiger partial charge in [-0.15, -0.1) is 0 Å². The van der Waals surface area contributed by atoms with Crippen molar-refractivity contribution in [1.29, 1.82) is 0 Å². The van der Waals surface area contributed by atoms with Crippen LogP contribution in [0.25, 0.3) is 0 Å². The Hall–Kier alpha value is -2.16. The fraction of sp³-hybridized carbons (Fsp3) is 0.667. The zero-order valence-electron chi connectivity index (χ0n) is 19.8. The largest absolute Gasteiger partial charge is 0.379 e. The van der Waals surface area contributed by atoms with Crippen LogP contribution in [0.15, 0.2) is 35.3 Å². The summed E-state index contributed by atoms with van der Waals surface area (Å²) < 4.78 is 5.42. The molecule has 2 aliphatic rings. The number of amides is 1. The van der Waals surface area contributed by atoms with E-state index in [0.717, 1.165) is 65.4 Å². The van der Waals surface area contributed by atoms with Crippen molar-refractivity contribution in [3.8, 4) is 0 Å². The van der Waals surface area contributed by atoms with E-state index in [1.54, 1.807) is 19.0 Å². The van der Waals surface area contributed by atoms with Gasteiger partial charge in [-0.1, -0.05) is 30.3 Å². The number of aliphatic imine (C=N–C) groups is 1. The molecule has 0 radical (unpaired) electrons. The third-order valence-corrected chi connectivity index (χ3v) is 6.15. The Morgan fingerprint density at radius 1 is 1.09 bits per heavy atom. The number of nitrogens with one attached hydrogen (secondary N) is 2. The lowest BCUT2D eigenvalue weighted by Crippen LogP contribution is -2.44. The van der Waals surface area contributed by atoms with E-state index in [4.69, 9.17) is 4.74 Å². The van der Waals surface area contributed by atoms with Crippen LogP contribution in [0.4, 0.5) is 0 Å². The van der Waals surface area contributed by atoms with Gasteiger partial charge in [-0.2, -0.15) is 0 Å². The summed E-state index contributed by atoms with van der Waals surface area (Å²) in [6.07, 6.45) is 3.53. The zero-order chi connectivity index (χ0) is 22.6. The number of carbonyl (C=O) groups excluding carboxylic acids is 1. The first kappa shape index (κ1) is 24.5. The summed E-state index contributed by atoms with van der Waals surface area (Å²) in [5.74, 6) is 0.709. The molecular formula is C24H40N6O2. The third-order valence-electron chi connectivity index (χ3n) is 6.15. The molecule has 32 heavy (non-hydrogen) atoms. The molecule has 8 nitrogen and oxygen atoms in total.